The molecule has 0 fully saturated rings. The number of aromatic hydroxyl groups is 1. The summed E-state index contributed by atoms with van der Waals surface area (Å²) in [7, 11) is 0. The number of amides is 1. The molecule has 0 bridgehead atoms. The zero-order valence-electron chi connectivity index (χ0n) is 12.7. The van der Waals surface area contributed by atoms with Crippen LogP contribution in [0.4, 0.5) is 11.4 Å². The van der Waals surface area contributed by atoms with Crippen LogP contribution < -0.4 is 0 Å². The molecule has 0 spiro atoms. The second-order valence-electron chi connectivity index (χ2n) is 5.14. The summed E-state index contributed by atoms with van der Waals surface area (Å²) in [6.07, 6.45) is 0. The van der Waals surface area contributed by atoms with E-state index in [-0.39, 0.29) is 22.8 Å². The van der Waals surface area contributed by atoms with E-state index in [1.165, 1.54) is 24.3 Å². The van der Waals surface area contributed by atoms with Gasteiger partial charge in [0.05, 0.1) is 16.0 Å². The lowest BCUT2D eigenvalue weighted by molar-refractivity contribution is -0.384. The van der Waals surface area contributed by atoms with Gasteiger partial charge >= 0.3 is 0 Å². The minimum absolute atomic E-state index is 0.0417. The van der Waals surface area contributed by atoms with E-state index in [2.05, 4.69) is 15.2 Å². The average Bonchev–Trinajstić information content (AvgIpc) is 3.02. The van der Waals surface area contributed by atoms with Crippen molar-refractivity contribution in [2.45, 2.75) is 13.8 Å². The molecule has 9 heteroatoms. The number of carbonyl (C=O) groups excluding carboxylic acids is 1. The molecular weight excluding hydrogens is 316 g/mol. The molecule has 1 aromatic carbocycles. The normalized spacial score (nSPS) is 11.4. The van der Waals surface area contributed by atoms with Gasteiger partial charge in [0.15, 0.2) is 5.69 Å². The van der Waals surface area contributed by atoms with Crippen molar-refractivity contribution >= 4 is 28.2 Å². The predicted molar refractivity (Wildman–Crippen MR) is 83.6 cm³/mol. The SMILES string of the molecule is Cc1cc(C(=O)N=Nc2c(O)[nH]c3ccc([N+](=O)[O-])cc23)c(C)o1. The first-order valence-electron chi connectivity index (χ1n) is 6.89. The average molecular weight is 328 g/mol. The smallest absolute Gasteiger partial charge is 0.298 e. The van der Waals surface area contributed by atoms with Crippen LogP contribution in [0.15, 0.2) is 38.9 Å². The minimum Gasteiger partial charge on any atom is -0.493 e. The molecule has 3 aromatic rings. The number of aromatic amines is 1. The molecule has 0 saturated carbocycles. The molecule has 0 saturated heterocycles. The van der Waals surface area contributed by atoms with Gasteiger partial charge in [-0.15, -0.1) is 10.2 Å². The number of hydrogen-bond acceptors (Lipinski definition) is 6. The van der Waals surface area contributed by atoms with Crippen molar-refractivity contribution in [3.63, 3.8) is 0 Å². The van der Waals surface area contributed by atoms with Crippen LogP contribution in [0.25, 0.3) is 10.9 Å². The lowest BCUT2D eigenvalue weighted by atomic mass is 10.2. The van der Waals surface area contributed by atoms with Crippen molar-refractivity contribution in [3.05, 3.63) is 51.5 Å². The number of carbonyl (C=O) groups is 1. The van der Waals surface area contributed by atoms with Crippen molar-refractivity contribution < 1.29 is 19.2 Å². The van der Waals surface area contributed by atoms with Crippen LogP contribution in [-0.4, -0.2) is 20.9 Å². The van der Waals surface area contributed by atoms with E-state index in [9.17, 15) is 20.0 Å². The van der Waals surface area contributed by atoms with Crippen LogP contribution in [-0.2, 0) is 0 Å². The summed E-state index contributed by atoms with van der Waals surface area (Å²) in [4.78, 5) is 25.0. The van der Waals surface area contributed by atoms with Gasteiger partial charge in [-0.05, 0) is 26.0 Å². The molecule has 24 heavy (non-hydrogen) atoms. The fourth-order valence-electron chi connectivity index (χ4n) is 2.36. The molecule has 0 aliphatic rings. The molecule has 0 atom stereocenters. The van der Waals surface area contributed by atoms with Crippen LogP contribution in [0.1, 0.15) is 21.9 Å². The summed E-state index contributed by atoms with van der Waals surface area (Å²) in [5.74, 6) is 0.0116. The molecule has 2 heterocycles. The van der Waals surface area contributed by atoms with Gasteiger partial charge in [0.2, 0.25) is 5.88 Å². The number of aromatic nitrogens is 1. The van der Waals surface area contributed by atoms with Gasteiger partial charge in [-0.25, -0.2) is 0 Å². The maximum Gasteiger partial charge on any atom is 0.298 e. The Labute approximate surface area is 134 Å². The molecule has 122 valence electrons. The maximum absolute atomic E-state index is 12.1. The molecule has 0 radical (unpaired) electrons. The Bertz CT molecular complexity index is 999. The predicted octanol–water partition coefficient (Wildman–Crippen LogP) is 3.92. The highest BCUT2D eigenvalue weighted by Gasteiger charge is 2.17. The molecule has 1 amide bonds. The number of azo groups is 1. The molecular formula is C15H12N4O5. The highest BCUT2D eigenvalue weighted by atomic mass is 16.6. The number of H-pyrrole nitrogens is 1. The van der Waals surface area contributed by atoms with Gasteiger partial charge in [-0.1, -0.05) is 0 Å². The van der Waals surface area contributed by atoms with Crippen molar-refractivity contribution in [1.29, 1.82) is 0 Å². The van der Waals surface area contributed by atoms with Crippen LogP contribution in [0.2, 0.25) is 0 Å². The third-order valence-corrected chi connectivity index (χ3v) is 3.46. The number of hydrogen-bond donors (Lipinski definition) is 2. The van der Waals surface area contributed by atoms with Gasteiger partial charge < -0.3 is 14.5 Å². The van der Waals surface area contributed by atoms with E-state index in [0.29, 0.717) is 22.4 Å². The van der Waals surface area contributed by atoms with Crippen molar-refractivity contribution in [3.8, 4) is 5.88 Å². The number of aryl methyl sites for hydroxylation is 2. The van der Waals surface area contributed by atoms with Gasteiger partial charge in [0, 0.05) is 17.5 Å². The molecule has 0 aliphatic carbocycles. The zero-order valence-corrected chi connectivity index (χ0v) is 12.7. The highest BCUT2D eigenvalue weighted by Crippen LogP contribution is 2.37. The number of nitro groups is 1. The monoisotopic (exact) mass is 328 g/mol. The van der Waals surface area contributed by atoms with E-state index >= 15 is 0 Å². The van der Waals surface area contributed by atoms with Crippen LogP contribution >= 0.6 is 0 Å². The van der Waals surface area contributed by atoms with Crippen LogP contribution in [0.3, 0.4) is 0 Å². The first kappa shape index (κ1) is 15.4. The van der Waals surface area contributed by atoms with Crippen molar-refractivity contribution in [2.24, 2.45) is 10.2 Å². The van der Waals surface area contributed by atoms with E-state index in [4.69, 9.17) is 4.42 Å². The summed E-state index contributed by atoms with van der Waals surface area (Å²) in [5.41, 5.74) is 0.502. The number of fused-ring (bicyclic) bond motifs is 1. The fourth-order valence-corrected chi connectivity index (χ4v) is 2.36. The zero-order chi connectivity index (χ0) is 17.4. The van der Waals surface area contributed by atoms with Gasteiger partial charge in [0.25, 0.3) is 11.6 Å². The molecule has 0 aliphatic heterocycles. The Morgan fingerprint density at radius 1 is 1.33 bits per heavy atom. The molecule has 3 rings (SSSR count). The summed E-state index contributed by atoms with van der Waals surface area (Å²) in [5, 5.41) is 28.4. The van der Waals surface area contributed by atoms with Crippen LogP contribution in [0.5, 0.6) is 5.88 Å². The van der Waals surface area contributed by atoms with Crippen molar-refractivity contribution in [2.75, 3.05) is 0 Å². The lowest BCUT2D eigenvalue weighted by Crippen LogP contribution is -1.93. The number of benzene rings is 1. The fraction of sp³-hybridized carbons (Fsp3) is 0.133. The highest BCUT2D eigenvalue weighted by molar-refractivity contribution is 5.98. The summed E-state index contributed by atoms with van der Waals surface area (Å²) < 4.78 is 5.26. The Morgan fingerprint density at radius 2 is 2.08 bits per heavy atom. The Balaban J connectivity index is 2.01. The van der Waals surface area contributed by atoms with Crippen LogP contribution in [0, 0.1) is 24.0 Å². The number of rotatable bonds is 3. The quantitative estimate of drug-likeness (QED) is 0.427. The van der Waals surface area contributed by atoms with E-state index in [0.717, 1.165) is 0 Å². The maximum atomic E-state index is 12.1. The topological polar surface area (TPSA) is 134 Å². The number of nitro benzene ring substituents is 1. The van der Waals surface area contributed by atoms with Gasteiger partial charge in [-0.3, -0.25) is 14.9 Å². The molecule has 2 aromatic heterocycles. The second kappa shape index (κ2) is 5.61. The Kier molecular flexibility index (Phi) is 3.60. The van der Waals surface area contributed by atoms with Gasteiger partial charge in [-0.2, -0.15) is 0 Å². The first-order valence-corrected chi connectivity index (χ1v) is 6.89. The summed E-state index contributed by atoms with van der Waals surface area (Å²) >= 11 is 0. The summed E-state index contributed by atoms with van der Waals surface area (Å²) in [6, 6.07) is 5.52. The minimum atomic E-state index is -0.636. The Hall–Kier alpha value is -3.49. The Morgan fingerprint density at radius 3 is 2.71 bits per heavy atom. The molecule has 2 N–H and O–H groups in total. The standard InChI is InChI=1S/C15H12N4O5/c1-7-5-10(8(2)24-7)14(20)18-17-13-11-6-9(19(22)23)3-4-12(11)16-15(13)21/h3-6,16,21H,1-2H3. The molecule has 9 nitrogen and oxygen atoms in total. The summed E-state index contributed by atoms with van der Waals surface area (Å²) in [6.45, 7) is 3.33. The van der Waals surface area contributed by atoms with E-state index in [1.807, 2.05) is 0 Å². The number of nitrogens with zero attached hydrogens (tertiary/aromatic N) is 3. The largest absolute Gasteiger partial charge is 0.493 e. The number of non-ortho nitro benzene ring substituents is 1. The second-order valence-corrected chi connectivity index (χ2v) is 5.14. The number of furan rings is 1. The first-order chi connectivity index (χ1) is 11.4. The van der Waals surface area contributed by atoms with Crippen molar-refractivity contribution in [1.82, 2.24) is 4.98 Å². The third-order valence-electron chi connectivity index (χ3n) is 3.46. The molecule has 0 unspecified atom stereocenters. The van der Waals surface area contributed by atoms with E-state index < -0.39 is 10.8 Å². The van der Waals surface area contributed by atoms with E-state index in [1.54, 1.807) is 13.8 Å². The lowest BCUT2D eigenvalue weighted by Gasteiger charge is -1.93. The number of nitrogens with one attached hydrogen (secondary N) is 1. The third kappa shape index (κ3) is 2.62. The van der Waals surface area contributed by atoms with Gasteiger partial charge in [0.1, 0.15) is 11.5 Å².